The Morgan fingerprint density at radius 3 is 2.60 bits per heavy atom. The van der Waals surface area contributed by atoms with Crippen molar-refractivity contribution in [3.8, 4) is 16.9 Å². The maximum atomic E-state index is 5.88. The molecule has 1 heterocycles. The molecule has 1 saturated heterocycles. The lowest BCUT2D eigenvalue weighted by Crippen LogP contribution is -2.25. The lowest BCUT2D eigenvalue weighted by Gasteiger charge is -2.15. The zero-order valence-electron chi connectivity index (χ0n) is 11.7. The minimum Gasteiger partial charge on any atom is -0.492 e. The third-order valence-corrected chi connectivity index (χ3v) is 3.76. The number of hydrogen-bond acceptors (Lipinski definition) is 2. The second-order valence-electron chi connectivity index (χ2n) is 5.21. The Bertz CT molecular complexity index is 532. The van der Waals surface area contributed by atoms with Gasteiger partial charge in [-0.05, 0) is 55.3 Å². The van der Waals surface area contributed by atoms with Crippen molar-refractivity contribution >= 4 is 0 Å². The second-order valence-corrected chi connectivity index (χ2v) is 5.21. The molecule has 0 spiro atoms. The zero-order chi connectivity index (χ0) is 13.6. The van der Waals surface area contributed by atoms with E-state index in [1.54, 1.807) is 0 Å². The van der Waals surface area contributed by atoms with Gasteiger partial charge in [0.2, 0.25) is 0 Å². The first-order valence-corrected chi connectivity index (χ1v) is 7.33. The summed E-state index contributed by atoms with van der Waals surface area (Å²) < 4.78 is 5.88. The fourth-order valence-electron chi connectivity index (χ4n) is 2.64. The van der Waals surface area contributed by atoms with Gasteiger partial charge >= 0.3 is 0 Å². The lowest BCUT2D eigenvalue weighted by molar-refractivity contribution is 0.238. The predicted molar refractivity (Wildman–Crippen MR) is 81.9 cm³/mol. The molecule has 0 aromatic heterocycles. The van der Waals surface area contributed by atoms with Gasteiger partial charge in [0.25, 0.3) is 0 Å². The number of likely N-dealkylation sites (tertiary alicyclic amines) is 1. The van der Waals surface area contributed by atoms with Crippen LogP contribution in [0.5, 0.6) is 5.75 Å². The second kappa shape index (κ2) is 6.58. The Labute approximate surface area is 121 Å². The number of hydrogen-bond donors (Lipinski definition) is 0. The quantitative estimate of drug-likeness (QED) is 0.819. The lowest BCUT2D eigenvalue weighted by atomic mass is 10.1. The molecule has 0 saturated carbocycles. The van der Waals surface area contributed by atoms with Crippen molar-refractivity contribution < 1.29 is 4.74 Å². The highest BCUT2D eigenvalue weighted by atomic mass is 16.5. The highest BCUT2D eigenvalue weighted by molar-refractivity contribution is 5.64. The van der Waals surface area contributed by atoms with Gasteiger partial charge in [0.15, 0.2) is 0 Å². The molecule has 2 nitrogen and oxygen atoms in total. The average Bonchev–Trinajstić information content (AvgIpc) is 3.02. The van der Waals surface area contributed by atoms with Crippen LogP contribution in [0.4, 0.5) is 0 Å². The van der Waals surface area contributed by atoms with Crippen LogP contribution in [-0.4, -0.2) is 31.1 Å². The van der Waals surface area contributed by atoms with E-state index in [9.17, 15) is 0 Å². The first-order valence-electron chi connectivity index (χ1n) is 7.33. The van der Waals surface area contributed by atoms with E-state index in [2.05, 4.69) is 41.3 Å². The van der Waals surface area contributed by atoms with Crippen molar-refractivity contribution in [1.82, 2.24) is 4.90 Å². The van der Waals surface area contributed by atoms with Crippen LogP contribution in [0.2, 0.25) is 0 Å². The smallest absolute Gasteiger partial charge is 0.119 e. The number of rotatable bonds is 5. The minimum atomic E-state index is 0.770. The molecule has 0 aliphatic carbocycles. The topological polar surface area (TPSA) is 12.5 Å². The van der Waals surface area contributed by atoms with Gasteiger partial charge in [0.1, 0.15) is 12.4 Å². The first kappa shape index (κ1) is 13.2. The van der Waals surface area contributed by atoms with E-state index in [-0.39, 0.29) is 0 Å². The Balaban J connectivity index is 1.59. The molecule has 103 valence electrons. The van der Waals surface area contributed by atoms with E-state index in [0.29, 0.717) is 0 Å². The Hall–Kier alpha value is -1.80. The van der Waals surface area contributed by atoms with Gasteiger partial charge in [0.05, 0.1) is 0 Å². The average molecular weight is 266 g/mol. The minimum absolute atomic E-state index is 0.770. The molecule has 1 fully saturated rings. The third kappa shape index (κ3) is 3.40. The number of benzene rings is 2. The van der Waals surface area contributed by atoms with Crippen molar-refractivity contribution in [2.45, 2.75) is 12.8 Å². The van der Waals surface area contributed by atoms with Crippen LogP contribution < -0.4 is 4.74 Å². The highest BCUT2D eigenvalue weighted by Gasteiger charge is 2.10. The molecule has 2 heteroatoms. The fraction of sp³-hybridized carbons (Fsp3) is 0.333. The summed E-state index contributed by atoms with van der Waals surface area (Å²) in [6.45, 7) is 4.25. The van der Waals surface area contributed by atoms with Crippen LogP contribution in [-0.2, 0) is 0 Å². The zero-order valence-corrected chi connectivity index (χ0v) is 11.7. The largest absolute Gasteiger partial charge is 0.492 e. The summed E-state index contributed by atoms with van der Waals surface area (Å²) >= 11 is 0. The fourth-order valence-corrected chi connectivity index (χ4v) is 2.64. The maximum Gasteiger partial charge on any atom is 0.119 e. The van der Waals surface area contributed by atoms with E-state index in [1.807, 2.05) is 18.2 Å². The molecule has 0 atom stereocenters. The molecule has 0 unspecified atom stereocenters. The van der Waals surface area contributed by atoms with Gasteiger partial charge in [0, 0.05) is 6.54 Å². The molecule has 2 aromatic rings. The third-order valence-electron chi connectivity index (χ3n) is 3.76. The standard InChI is InChI=1S/C18H20NO/c1-2-7-16(8-3-1)17-9-6-10-18(15-17)20-14-13-19-11-4-5-12-19/h2-3,6-10,15H,4-5,11-14H2. The van der Waals surface area contributed by atoms with Crippen LogP contribution in [0.3, 0.4) is 0 Å². The summed E-state index contributed by atoms with van der Waals surface area (Å²) in [5.74, 6) is 0.953. The SMILES string of the molecule is [c]1ccc(-c2cccc(OCCN3CCCC3)c2)cc1. The van der Waals surface area contributed by atoms with Crippen molar-refractivity contribution in [1.29, 1.82) is 0 Å². The van der Waals surface area contributed by atoms with Crippen LogP contribution in [0, 0.1) is 6.07 Å². The summed E-state index contributed by atoms with van der Waals surface area (Å²) in [5.41, 5.74) is 2.39. The normalized spacial score (nSPS) is 15.4. The summed E-state index contributed by atoms with van der Waals surface area (Å²) in [5, 5.41) is 0. The van der Waals surface area contributed by atoms with E-state index in [1.165, 1.54) is 37.1 Å². The molecular formula is C18H20NO. The van der Waals surface area contributed by atoms with E-state index < -0.39 is 0 Å². The van der Waals surface area contributed by atoms with Gasteiger partial charge in [-0.3, -0.25) is 4.90 Å². The monoisotopic (exact) mass is 266 g/mol. The van der Waals surface area contributed by atoms with Gasteiger partial charge < -0.3 is 4.74 Å². The number of ether oxygens (including phenoxy) is 1. The van der Waals surface area contributed by atoms with Crippen molar-refractivity contribution in [3.05, 3.63) is 54.6 Å². The first-order chi connectivity index (χ1) is 9.92. The van der Waals surface area contributed by atoms with Crippen molar-refractivity contribution in [2.24, 2.45) is 0 Å². The van der Waals surface area contributed by atoms with Crippen LogP contribution >= 0.6 is 0 Å². The van der Waals surface area contributed by atoms with Crippen molar-refractivity contribution in [2.75, 3.05) is 26.2 Å². The Morgan fingerprint density at radius 1 is 1.00 bits per heavy atom. The molecule has 1 aliphatic rings. The molecule has 0 N–H and O–H groups in total. The molecule has 1 aliphatic heterocycles. The summed E-state index contributed by atoms with van der Waals surface area (Å²) in [7, 11) is 0. The van der Waals surface area contributed by atoms with Gasteiger partial charge in [-0.25, -0.2) is 0 Å². The molecule has 1 radical (unpaired) electrons. The molecule has 3 rings (SSSR count). The van der Waals surface area contributed by atoms with Gasteiger partial charge in [-0.15, -0.1) is 0 Å². The summed E-state index contributed by atoms with van der Waals surface area (Å²) in [6, 6.07) is 19.4. The molecule has 0 amide bonds. The van der Waals surface area contributed by atoms with Crippen molar-refractivity contribution in [3.63, 3.8) is 0 Å². The Morgan fingerprint density at radius 2 is 1.80 bits per heavy atom. The van der Waals surface area contributed by atoms with E-state index in [4.69, 9.17) is 4.74 Å². The molecule has 20 heavy (non-hydrogen) atoms. The van der Waals surface area contributed by atoms with Crippen LogP contribution in [0.1, 0.15) is 12.8 Å². The summed E-state index contributed by atoms with van der Waals surface area (Å²) in [4.78, 5) is 2.47. The van der Waals surface area contributed by atoms with Crippen LogP contribution in [0.25, 0.3) is 11.1 Å². The predicted octanol–water partition coefficient (Wildman–Crippen LogP) is 3.63. The maximum absolute atomic E-state index is 5.88. The highest BCUT2D eigenvalue weighted by Crippen LogP contribution is 2.23. The van der Waals surface area contributed by atoms with E-state index >= 15 is 0 Å². The number of nitrogens with zero attached hydrogens (tertiary/aromatic N) is 1. The van der Waals surface area contributed by atoms with Crippen LogP contribution in [0.15, 0.2) is 48.5 Å². The van der Waals surface area contributed by atoms with E-state index in [0.717, 1.165) is 18.9 Å². The molecular weight excluding hydrogens is 246 g/mol. The Kier molecular flexibility index (Phi) is 4.34. The van der Waals surface area contributed by atoms with Gasteiger partial charge in [-0.2, -0.15) is 0 Å². The molecule has 0 bridgehead atoms. The summed E-state index contributed by atoms with van der Waals surface area (Å²) in [6.07, 6.45) is 2.67. The van der Waals surface area contributed by atoms with Gasteiger partial charge in [-0.1, -0.05) is 36.4 Å². The molecule has 2 aromatic carbocycles.